The second-order valence-corrected chi connectivity index (χ2v) is 4.91. The van der Waals surface area contributed by atoms with Gasteiger partial charge in [-0.05, 0) is 42.8 Å². The van der Waals surface area contributed by atoms with Crippen molar-refractivity contribution in [2.75, 3.05) is 7.11 Å². The zero-order valence-corrected chi connectivity index (χ0v) is 11.8. The van der Waals surface area contributed by atoms with Gasteiger partial charge in [-0.2, -0.15) is 0 Å². The van der Waals surface area contributed by atoms with E-state index in [1.165, 1.54) is 12.1 Å². The van der Waals surface area contributed by atoms with Gasteiger partial charge in [-0.3, -0.25) is 0 Å². The minimum Gasteiger partial charge on any atom is -0.497 e. The monoisotopic (exact) mass is 286 g/mol. The molecule has 0 spiro atoms. The highest BCUT2D eigenvalue weighted by Crippen LogP contribution is 2.33. The number of rotatable bonds is 3. The molecule has 1 atom stereocenters. The smallest absolute Gasteiger partial charge is 0.141 e. The summed E-state index contributed by atoms with van der Waals surface area (Å²) in [5.41, 5.74) is 1.96. The molecule has 2 aromatic carbocycles. The number of aryl methyl sites for hydroxylation is 1. The van der Waals surface area contributed by atoms with Gasteiger partial charge in [0, 0.05) is 10.9 Å². The zero-order valence-electron chi connectivity index (χ0n) is 11.8. The van der Waals surface area contributed by atoms with E-state index in [1.54, 1.807) is 37.4 Å². The van der Waals surface area contributed by atoms with E-state index in [-0.39, 0.29) is 5.82 Å². The van der Waals surface area contributed by atoms with Crippen molar-refractivity contribution in [1.82, 2.24) is 0 Å². The van der Waals surface area contributed by atoms with Gasteiger partial charge in [0.1, 0.15) is 29.0 Å². The van der Waals surface area contributed by atoms with E-state index in [1.807, 2.05) is 6.92 Å². The van der Waals surface area contributed by atoms with E-state index in [4.69, 9.17) is 9.15 Å². The molecule has 0 amide bonds. The molecule has 1 heterocycles. The van der Waals surface area contributed by atoms with Gasteiger partial charge in [0.25, 0.3) is 0 Å². The number of hydrogen-bond acceptors (Lipinski definition) is 3. The number of methoxy groups -OCH3 is 1. The third-order valence-corrected chi connectivity index (χ3v) is 3.59. The van der Waals surface area contributed by atoms with Gasteiger partial charge in [0.15, 0.2) is 0 Å². The molecule has 0 radical (unpaired) electrons. The van der Waals surface area contributed by atoms with Gasteiger partial charge in [-0.25, -0.2) is 4.39 Å². The third kappa shape index (κ3) is 2.38. The van der Waals surface area contributed by atoms with Crippen LogP contribution in [-0.4, -0.2) is 12.2 Å². The Hall–Kier alpha value is -2.33. The molecule has 4 heteroatoms. The van der Waals surface area contributed by atoms with Crippen LogP contribution < -0.4 is 4.74 Å². The Kier molecular flexibility index (Phi) is 3.39. The predicted molar refractivity (Wildman–Crippen MR) is 78.0 cm³/mol. The normalized spacial score (nSPS) is 12.6. The maximum absolute atomic E-state index is 13.3. The highest BCUT2D eigenvalue weighted by atomic mass is 19.1. The van der Waals surface area contributed by atoms with Crippen molar-refractivity contribution in [3.05, 3.63) is 65.2 Å². The number of hydrogen-bond donors (Lipinski definition) is 1. The molecular formula is C17H15FO3. The molecule has 3 nitrogen and oxygen atoms in total. The Morgan fingerprint density at radius 3 is 2.76 bits per heavy atom. The highest BCUT2D eigenvalue weighted by molar-refractivity contribution is 5.82. The molecule has 108 valence electrons. The van der Waals surface area contributed by atoms with E-state index in [0.717, 1.165) is 5.56 Å². The molecular weight excluding hydrogens is 271 g/mol. The second kappa shape index (κ2) is 5.22. The number of ether oxygens (including phenoxy) is 1. The molecule has 21 heavy (non-hydrogen) atoms. The molecule has 1 aromatic heterocycles. The van der Waals surface area contributed by atoms with Gasteiger partial charge >= 0.3 is 0 Å². The fourth-order valence-electron chi connectivity index (χ4n) is 2.44. The Bertz CT molecular complexity index is 792. The van der Waals surface area contributed by atoms with Crippen LogP contribution in [0.5, 0.6) is 5.75 Å². The number of benzene rings is 2. The quantitative estimate of drug-likeness (QED) is 0.792. The van der Waals surface area contributed by atoms with E-state index >= 15 is 0 Å². The molecule has 1 unspecified atom stereocenters. The topological polar surface area (TPSA) is 42.6 Å². The van der Waals surface area contributed by atoms with Crippen molar-refractivity contribution in [2.24, 2.45) is 0 Å². The van der Waals surface area contributed by atoms with Crippen LogP contribution in [0.3, 0.4) is 0 Å². The summed E-state index contributed by atoms with van der Waals surface area (Å²) >= 11 is 0. The summed E-state index contributed by atoms with van der Waals surface area (Å²) in [5, 5.41) is 11.2. The maximum Gasteiger partial charge on any atom is 0.141 e. The summed E-state index contributed by atoms with van der Waals surface area (Å²) in [6, 6.07) is 11.5. The molecule has 3 rings (SSSR count). The highest BCUT2D eigenvalue weighted by Gasteiger charge is 2.20. The third-order valence-electron chi connectivity index (χ3n) is 3.59. The average Bonchev–Trinajstić information content (AvgIpc) is 2.83. The minimum absolute atomic E-state index is 0.325. The van der Waals surface area contributed by atoms with Crippen molar-refractivity contribution >= 4 is 11.0 Å². The molecule has 1 N–H and O–H groups in total. The van der Waals surface area contributed by atoms with Crippen molar-refractivity contribution < 1.29 is 18.7 Å². The first-order chi connectivity index (χ1) is 10.1. The fourth-order valence-corrected chi connectivity index (χ4v) is 2.44. The van der Waals surface area contributed by atoms with Crippen LogP contribution in [0.1, 0.15) is 23.0 Å². The fraction of sp³-hybridized carbons (Fsp3) is 0.176. The lowest BCUT2D eigenvalue weighted by molar-refractivity contribution is 0.191. The van der Waals surface area contributed by atoms with Crippen LogP contribution >= 0.6 is 0 Å². The van der Waals surface area contributed by atoms with Crippen LogP contribution in [0.25, 0.3) is 11.0 Å². The molecule has 0 saturated heterocycles. The predicted octanol–water partition coefficient (Wildman–Crippen LogP) is 3.97. The van der Waals surface area contributed by atoms with Crippen LogP contribution in [-0.2, 0) is 0 Å². The first-order valence-electron chi connectivity index (χ1n) is 6.60. The van der Waals surface area contributed by atoms with Gasteiger partial charge in [0.05, 0.1) is 7.11 Å². The summed E-state index contributed by atoms with van der Waals surface area (Å²) in [6.07, 6.45) is -0.921. The Morgan fingerprint density at radius 1 is 1.19 bits per heavy atom. The summed E-state index contributed by atoms with van der Waals surface area (Å²) in [6.45, 7) is 1.81. The van der Waals surface area contributed by atoms with E-state index in [0.29, 0.717) is 28.0 Å². The summed E-state index contributed by atoms with van der Waals surface area (Å²) in [5.74, 6) is 0.754. The molecule has 0 aliphatic heterocycles. The standard InChI is InChI=1S/C17H15FO3/c1-10-14-9-12(18)6-7-15(14)21-17(10)16(19)11-4-3-5-13(8-11)20-2/h3-9,16,19H,1-2H3. The van der Waals surface area contributed by atoms with E-state index in [2.05, 4.69) is 0 Å². The first-order valence-corrected chi connectivity index (χ1v) is 6.60. The Morgan fingerprint density at radius 2 is 2.00 bits per heavy atom. The lowest BCUT2D eigenvalue weighted by Crippen LogP contribution is -2.00. The van der Waals surface area contributed by atoms with Crippen LogP contribution in [0.15, 0.2) is 46.9 Å². The summed E-state index contributed by atoms with van der Waals surface area (Å²) < 4.78 is 24.2. The number of aliphatic hydroxyl groups is 1. The maximum atomic E-state index is 13.3. The van der Waals surface area contributed by atoms with Crippen LogP contribution in [0.4, 0.5) is 4.39 Å². The molecule has 0 aliphatic carbocycles. The van der Waals surface area contributed by atoms with Gasteiger partial charge < -0.3 is 14.3 Å². The van der Waals surface area contributed by atoms with Crippen molar-refractivity contribution in [2.45, 2.75) is 13.0 Å². The number of fused-ring (bicyclic) bond motifs is 1. The lowest BCUT2D eigenvalue weighted by Gasteiger charge is -2.10. The van der Waals surface area contributed by atoms with Crippen molar-refractivity contribution in [3.8, 4) is 5.75 Å². The zero-order chi connectivity index (χ0) is 15.0. The number of halogens is 1. The van der Waals surface area contributed by atoms with E-state index in [9.17, 15) is 9.50 Å². The number of furan rings is 1. The molecule has 0 aliphatic rings. The first kappa shape index (κ1) is 13.6. The second-order valence-electron chi connectivity index (χ2n) is 4.91. The Labute approximate surface area is 121 Å². The average molecular weight is 286 g/mol. The molecule has 0 bridgehead atoms. The summed E-state index contributed by atoms with van der Waals surface area (Å²) in [4.78, 5) is 0. The number of aliphatic hydroxyl groups excluding tert-OH is 1. The molecule has 0 saturated carbocycles. The molecule has 0 fully saturated rings. The van der Waals surface area contributed by atoms with Gasteiger partial charge in [-0.1, -0.05) is 12.1 Å². The van der Waals surface area contributed by atoms with Crippen LogP contribution in [0.2, 0.25) is 0 Å². The van der Waals surface area contributed by atoms with Gasteiger partial charge in [0.2, 0.25) is 0 Å². The molecule has 3 aromatic rings. The van der Waals surface area contributed by atoms with Crippen LogP contribution in [0, 0.1) is 12.7 Å². The van der Waals surface area contributed by atoms with Gasteiger partial charge in [-0.15, -0.1) is 0 Å². The lowest BCUT2D eigenvalue weighted by atomic mass is 10.0. The largest absolute Gasteiger partial charge is 0.497 e. The SMILES string of the molecule is COc1cccc(C(O)c2oc3ccc(F)cc3c2C)c1. The Balaban J connectivity index is 2.08. The van der Waals surface area contributed by atoms with E-state index < -0.39 is 6.10 Å². The minimum atomic E-state index is -0.921. The van der Waals surface area contributed by atoms with Crippen molar-refractivity contribution in [1.29, 1.82) is 0 Å². The van der Waals surface area contributed by atoms with Crippen molar-refractivity contribution in [3.63, 3.8) is 0 Å². The summed E-state index contributed by atoms with van der Waals surface area (Å²) in [7, 11) is 1.57.